The summed E-state index contributed by atoms with van der Waals surface area (Å²) >= 11 is 0. The van der Waals surface area contributed by atoms with Gasteiger partial charge in [-0.05, 0) is 23.6 Å². The largest absolute Gasteiger partial charge is 0.347 e. The summed E-state index contributed by atoms with van der Waals surface area (Å²) in [5, 5.41) is 3.00. The second kappa shape index (κ2) is 7.95. The third-order valence-electron chi connectivity index (χ3n) is 4.40. The fourth-order valence-corrected chi connectivity index (χ4v) is 2.80. The van der Waals surface area contributed by atoms with Crippen molar-refractivity contribution in [1.82, 2.24) is 14.9 Å². The Morgan fingerprint density at radius 1 is 1.19 bits per heavy atom. The van der Waals surface area contributed by atoms with E-state index in [1.165, 1.54) is 6.07 Å². The number of amides is 1. The first kappa shape index (κ1) is 17.9. The second-order valence-corrected chi connectivity index (χ2v) is 6.64. The Balaban J connectivity index is 1.75. The van der Waals surface area contributed by atoms with Crippen molar-refractivity contribution < 1.29 is 9.18 Å². The Bertz CT molecular complexity index is 860. The van der Waals surface area contributed by atoms with Crippen molar-refractivity contribution in [3.8, 4) is 11.1 Å². The van der Waals surface area contributed by atoms with Crippen LogP contribution in [0.15, 0.2) is 67.3 Å². The van der Waals surface area contributed by atoms with Crippen LogP contribution >= 0.6 is 0 Å². The third kappa shape index (κ3) is 4.17. The number of nitrogens with one attached hydrogen (secondary N) is 1. The summed E-state index contributed by atoms with van der Waals surface area (Å²) in [4.78, 5) is 16.6. The minimum atomic E-state index is -0.403. The topological polar surface area (TPSA) is 46.9 Å². The van der Waals surface area contributed by atoms with Gasteiger partial charge in [-0.2, -0.15) is 0 Å². The monoisotopic (exact) mass is 351 g/mol. The Morgan fingerprint density at radius 3 is 2.58 bits per heavy atom. The Kier molecular flexibility index (Phi) is 5.46. The highest BCUT2D eigenvalue weighted by Crippen LogP contribution is 2.23. The van der Waals surface area contributed by atoms with Crippen LogP contribution in [-0.2, 0) is 6.54 Å². The normalized spacial score (nSPS) is 12.2. The van der Waals surface area contributed by atoms with E-state index in [0.29, 0.717) is 17.7 Å². The summed E-state index contributed by atoms with van der Waals surface area (Å²) in [5.41, 5.74) is 1.59. The van der Waals surface area contributed by atoms with Crippen LogP contribution in [0.5, 0.6) is 0 Å². The molecule has 0 fully saturated rings. The van der Waals surface area contributed by atoms with E-state index in [0.717, 1.165) is 5.56 Å². The van der Waals surface area contributed by atoms with Gasteiger partial charge in [-0.25, -0.2) is 9.37 Å². The molecule has 0 radical (unpaired) electrons. The number of nitrogens with zero attached hydrogens (tertiary/aromatic N) is 2. The van der Waals surface area contributed by atoms with Crippen LogP contribution in [-0.4, -0.2) is 21.5 Å². The quantitative estimate of drug-likeness (QED) is 0.725. The number of benzene rings is 2. The zero-order valence-corrected chi connectivity index (χ0v) is 14.9. The van der Waals surface area contributed by atoms with E-state index < -0.39 is 5.82 Å². The number of rotatable bonds is 6. The first-order valence-corrected chi connectivity index (χ1v) is 8.66. The summed E-state index contributed by atoms with van der Waals surface area (Å²) in [7, 11) is 0. The molecule has 3 rings (SSSR count). The lowest BCUT2D eigenvalue weighted by atomic mass is 10.0. The molecule has 0 aliphatic carbocycles. The summed E-state index contributed by atoms with van der Waals surface area (Å²) < 4.78 is 16.4. The lowest BCUT2D eigenvalue weighted by molar-refractivity contribution is 0.0920. The van der Waals surface area contributed by atoms with Crippen LogP contribution < -0.4 is 5.32 Å². The smallest absolute Gasteiger partial charge is 0.251 e. The minimum Gasteiger partial charge on any atom is -0.347 e. The van der Waals surface area contributed by atoms with Gasteiger partial charge in [0, 0.05) is 36.1 Å². The lowest BCUT2D eigenvalue weighted by Gasteiger charge is -2.23. The van der Waals surface area contributed by atoms with E-state index in [1.54, 1.807) is 24.7 Å². The molecule has 5 heteroatoms. The molecular formula is C21H22FN3O. The Labute approximate surface area is 152 Å². The Morgan fingerprint density at radius 2 is 1.96 bits per heavy atom. The van der Waals surface area contributed by atoms with Crippen LogP contribution in [0.4, 0.5) is 4.39 Å². The third-order valence-corrected chi connectivity index (χ3v) is 4.40. The number of imidazole rings is 1. The van der Waals surface area contributed by atoms with Crippen LogP contribution in [0.25, 0.3) is 11.1 Å². The molecule has 1 amide bonds. The van der Waals surface area contributed by atoms with E-state index in [1.807, 2.05) is 54.9 Å². The van der Waals surface area contributed by atoms with Crippen molar-refractivity contribution >= 4 is 5.91 Å². The number of hydrogen-bond donors (Lipinski definition) is 1. The molecule has 0 saturated heterocycles. The molecule has 26 heavy (non-hydrogen) atoms. The van der Waals surface area contributed by atoms with Crippen LogP contribution in [0.1, 0.15) is 24.2 Å². The first-order chi connectivity index (χ1) is 12.5. The number of hydrogen-bond acceptors (Lipinski definition) is 2. The van der Waals surface area contributed by atoms with E-state index in [9.17, 15) is 9.18 Å². The van der Waals surface area contributed by atoms with Crippen molar-refractivity contribution in [2.24, 2.45) is 5.92 Å². The SMILES string of the molecule is CC(C)[C@@H](Cn1ccnc1)NC(=O)c1ccc(-c2ccccc2)c(F)c1. The number of carbonyl (C=O) groups is 1. The summed E-state index contributed by atoms with van der Waals surface area (Å²) in [5.74, 6) is -0.448. The summed E-state index contributed by atoms with van der Waals surface area (Å²) in [6.45, 7) is 4.70. The molecule has 134 valence electrons. The molecule has 2 aromatic carbocycles. The highest BCUT2D eigenvalue weighted by Gasteiger charge is 2.19. The van der Waals surface area contributed by atoms with Crippen molar-refractivity contribution in [3.05, 3.63) is 78.6 Å². The van der Waals surface area contributed by atoms with Crippen molar-refractivity contribution in [3.63, 3.8) is 0 Å². The number of carbonyl (C=O) groups excluding carboxylic acids is 1. The van der Waals surface area contributed by atoms with Gasteiger partial charge in [0.25, 0.3) is 5.91 Å². The maximum absolute atomic E-state index is 14.5. The molecule has 1 aromatic heterocycles. The van der Waals surface area contributed by atoms with E-state index >= 15 is 0 Å². The van der Waals surface area contributed by atoms with Gasteiger partial charge in [0.05, 0.1) is 6.33 Å². The molecule has 4 nitrogen and oxygen atoms in total. The van der Waals surface area contributed by atoms with E-state index in [2.05, 4.69) is 10.3 Å². The van der Waals surface area contributed by atoms with Gasteiger partial charge in [-0.1, -0.05) is 50.2 Å². The van der Waals surface area contributed by atoms with Crippen molar-refractivity contribution in [2.75, 3.05) is 0 Å². The lowest BCUT2D eigenvalue weighted by Crippen LogP contribution is -2.41. The first-order valence-electron chi connectivity index (χ1n) is 8.66. The van der Waals surface area contributed by atoms with Crippen molar-refractivity contribution in [1.29, 1.82) is 0 Å². The molecule has 1 heterocycles. The van der Waals surface area contributed by atoms with Gasteiger partial charge < -0.3 is 9.88 Å². The van der Waals surface area contributed by atoms with Gasteiger partial charge >= 0.3 is 0 Å². The maximum Gasteiger partial charge on any atom is 0.251 e. The molecule has 0 bridgehead atoms. The molecule has 3 aromatic rings. The van der Waals surface area contributed by atoms with Gasteiger partial charge in [0.2, 0.25) is 0 Å². The van der Waals surface area contributed by atoms with E-state index in [-0.39, 0.29) is 17.9 Å². The standard InChI is InChI=1S/C21H22FN3O/c1-15(2)20(13-25-11-10-23-14-25)24-21(26)17-8-9-18(19(22)12-17)16-6-4-3-5-7-16/h3-12,14-15,20H,13H2,1-2H3,(H,24,26)/t20-/m1/s1. The highest BCUT2D eigenvalue weighted by molar-refractivity contribution is 5.95. The van der Waals surface area contributed by atoms with Gasteiger partial charge in [-0.3, -0.25) is 4.79 Å². The van der Waals surface area contributed by atoms with Crippen LogP contribution in [0.2, 0.25) is 0 Å². The molecule has 1 atom stereocenters. The average Bonchev–Trinajstić information content (AvgIpc) is 3.14. The van der Waals surface area contributed by atoms with E-state index in [4.69, 9.17) is 0 Å². The molecule has 0 saturated carbocycles. The second-order valence-electron chi connectivity index (χ2n) is 6.64. The average molecular weight is 351 g/mol. The van der Waals surface area contributed by atoms with Gasteiger partial charge in [0.1, 0.15) is 5.82 Å². The molecule has 0 spiro atoms. The van der Waals surface area contributed by atoms with Gasteiger partial charge in [0.15, 0.2) is 0 Å². The number of aromatic nitrogens is 2. The fraction of sp³-hybridized carbons (Fsp3) is 0.238. The Hall–Kier alpha value is -2.95. The van der Waals surface area contributed by atoms with Crippen LogP contribution in [0, 0.1) is 11.7 Å². The predicted molar refractivity (Wildman–Crippen MR) is 100 cm³/mol. The molecule has 1 N–H and O–H groups in total. The fourth-order valence-electron chi connectivity index (χ4n) is 2.80. The van der Waals surface area contributed by atoms with Crippen LogP contribution in [0.3, 0.4) is 0 Å². The summed E-state index contributed by atoms with van der Waals surface area (Å²) in [6.07, 6.45) is 5.28. The zero-order valence-electron chi connectivity index (χ0n) is 14.9. The van der Waals surface area contributed by atoms with Crippen molar-refractivity contribution in [2.45, 2.75) is 26.4 Å². The minimum absolute atomic E-state index is 0.0754. The summed E-state index contributed by atoms with van der Waals surface area (Å²) in [6, 6.07) is 13.8. The maximum atomic E-state index is 14.5. The molecular weight excluding hydrogens is 329 g/mol. The zero-order chi connectivity index (χ0) is 18.5. The number of halogens is 1. The molecule has 0 aliphatic rings. The van der Waals surface area contributed by atoms with Gasteiger partial charge in [-0.15, -0.1) is 0 Å². The molecule has 0 aliphatic heterocycles. The highest BCUT2D eigenvalue weighted by atomic mass is 19.1. The predicted octanol–water partition coefficient (Wildman–Crippen LogP) is 4.14. The molecule has 0 unspecified atom stereocenters.